The Balaban J connectivity index is 1.15. The fraction of sp³-hybridized carbons (Fsp3) is 0.310. The second-order valence-electron chi connectivity index (χ2n) is 10.0. The summed E-state index contributed by atoms with van der Waals surface area (Å²) in [6, 6.07) is 21.5. The molecule has 5 heteroatoms. The van der Waals surface area contributed by atoms with E-state index in [1.807, 2.05) is 24.5 Å². The van der Waals surface area contributed by atoms with E-state index in [9.17, 15) is 0 Å². The van der Waals surface area contributed by atoms with E-state index in [-0.39, 0.29) is 5.54 Å². The molecule has 7 rings (SSSR count). The van der Waals surface area contributed by atoms with Crippen LogP contribution < -0.4 is 10.1 Å². The van der Waals surface area contributed by atoms with Gasteiger partial charge in [0, 0.05) is 35.6 Å². The minimum atomic E-state index is 0.264. The highest BCUT2D eigenvalue weighted by Crippen LogP contribution is 2.43. The number of benzene rings is 2. The molecule has 5 nitrogen and oxygen atoms in total. The maximum Gasteiger partial charge on any atom is 0.119 e. The van der Waals surface area contributed by atoms with Crippen molar-refractivity contribution in [3.63, 3.8) is 0 Å². The Bertz CT molecular complexity index is 1320. The molecule has 2 aromatic carbocycles. The van der Waals surface area contributed by atoms with E-state index in [0.29, 0.717) is 6.61 Å². The van der Waals surface area contributed by atoms with Gasteiger partial charge in [0.15, 0.2) is 0 Å². The molecule has 4 aromatic rings. The molecule has 1 aliphatic heterocycles. The van der Waals surface area contributed by atoms with E-state index in [2.05, 4.69) is 63.5 Å². The zero-order chi connectivity index (χ0) is 22.5. The van der Waals surface area contributed by atoms with E-state index in [1.165, 1.54) is 53.6 Å². The highest BCUT2D eigenvalue weighted by molar-refractivity contribution is 5.83. The van der Waals surface area contributed by atoms with Crippen LogP contribution in [0.25, 0.3) is 22.4 Å². The Kier molecular flexibility index (Phi) is 4.59. The molecule has 0 unspecified atom stereocenters. The Labute approximate surface area is 199 Å². The van der Waals surface area contributed by atoms with Crippen LogP contribution in [0, 0.1) is 0 Å². The molecule has 1 N–H and O–H groups in total. The lowest BCUT2D eigenvalue weighted by Crippen LogP contribution is -2.41. The Hall–Kier alpha value is -3.44. The zero-order valence-corrected chi connectivity index (χ0v) is 19.2. The molecule has 0 radical (unpaired) electrons. The lowest BCUT2D eigenvalue weighted by molar-refractivity contribution is 0.306. The van der Waals surface area contributed by atoms with E-state index in [0.717, 1.165) is 36.0 Å². The van der Waals surface area contributed by atoms with Crippen LogP contribution in [0.4, 0.5) is 0 Å². The molecule has 2 saturated carbocycles. The fourth-order valence-corrected chi connectivity index (χ4v) is 5.11. The average molecular weight is 449 g/mol. The van der Waals surface area contributed by atoms with Gasteiger partial charge in [-0.2, -0.15) is 5.10 Å². The van der Waals surface area contributed by atoms with Gasteiger partial charge in [-0.05, 0) is 72.6 Å². The quantitative estimate of drug-likeness (QED) is 0.411. The van der Waals surface area contributed by atoms with Crippen molar-refractivity contribution < 1.29 is 4.74 Å². The van der Waals surface area contributed by atoms with Crippen LogP contribution in [-0.4, -0.2) is 20.3 Å². The van der Waals surface area contributed by atoms with Gasteiger partial charge in [0.25, 0.3) is 0 Å². The van der Waals surface area contributed by atoms with Crippen LogP contribution in [-0.2, 0) is 19.7 Å². The van der Waals surface area contributed by atoms with Gasteiger partial charge in [-0.1, -0.05) is 36.4 Å². The van der Waals surface area contributed by atoms with Crippen molar-refractivity contribution in [1.29, 1.82) is 0 Å². The number of aromatic nitrogens is 3. The predicted molar refractivity (Wildman–Crippen MR) is 132 cm³/mol. The molecule has 3 aliphatic rings. The van der Waals surface area contributed by atoms with E-state index >= 15 is 0 Å². The Morgan fingerprint density at radius 3 is 2.38 bits per heavy atom. The first-order chi connectivity index (χ1) is 16.8. The summed E-state index contributed by atoms with van der Waals surface area (Å²) in [5.74, 6) is 1.68. The molecule has 170 valence electrons. The first-order valence-corrected chi connectivity index (χ1v) is 12.3. The summed E-state index contributed by atoms with van der Waals surface area (Å²) in [6.45, 7) is 2.38. The van der Waals surface area contributed by atoms with Crippen LogP contribution in [0.1, 0.15) is 48.4 Å². The predicted octanol–water partition coefficient (Wildman–Crippen LogP) is 5.70. The van der Waals surface area contributed by atoms with Gasteiger partial charge >= 0.3 is 0 Å². The van der Waals surface area contributed by atoms with Crippen molar-refractivity contribution in [2.24, 2.45) is 0 Å². The van der Waals surface area contributed by atoms with Crippen molar-refractivity contribution in [2.45, 2.75) is 56.8 Å². The molecule has 3 heterocycles. The maximum atomic E-state index is 6.10. The number of pyridine rings is 1. The summed E-state index contributed by atoms with van der Waals surface area (Å²) >= 11 is 0. The van der Waals surface area contributed by atoms with E-state index < -0.39 is 0 Å². The molecule has 34 heavy (non-hydrogen) atoms. The second-order valence-corrected chi connectivity index (χ2v) is 10.0. The largest absolute Gasteiger partial charge is 0.489 e. The molecule has 2 aliphatic carbocycles. The lowest BCUT2D eigenvalue weighted by Gasteiger charge is -2.25. The minimum absolute atomic E-state index is 0.264. The normalized spacial score (nSPS) is 18.0. The molecular formula is C29H28N4O. The van der Waals surface area contributed by atoms with Crippen LogP contribution in [0.5, 0.6) is 5.75 Å². The average Bonchev–Trinajstić information content (AvgIpc) is 3.82. The maximum absolute atomic E-state index is 6.10. The first-order valence-electron chi connectivity index (χ1n) is 12.3. The monoisotopic (exact) mass is 448 g/mol. The van der Waals surface area contributed by atoms with E-state index in [4.69, 9.17) is 9.84 Å². The lowest BCUT2D eigenvalue weighted by atomic mass is 9.98. The number of fused-ring (bicyclic) bond motifs is 1. The van der Waals surface area contributed by atoms with Crippen molar-refractivity contribution >= 4 is 0 Å². The first kappa shape index (κ1) is 20.0. The van der Waals surface area contributed by atoms with Crippen LogP contribution in [0.15, 0.2) is 73.1 Å². The molecule has 0 amide bonds. The summed E-state index contributed by atoms with van der Waals surface area (Å²) < 4.78 is 8.33. The highest BCUT2D eigenvalue weighted by Gasteiger charge is 2.46. The molecule has 1 spiro atoms. The Morgan fingerprint density at radius 1 is 0.912 bits per heavy atom. The van der Waals surface area contributed by atoms with Crippen molar-refractivity contribution in [1.82, 2.24) is 20.1 Å². The van der Waals surface area contributed by atoms with Crippen molar-refractivity contribution in [3.05, 3.63) is 89.9 Å². The smallest absolute Gasteiger partial charge is 0.119 e. The molecule has 0 bridgehead atoms. The number of hydrogen-bond acceptors (Lipinski definition) is 4. The van der Waals surface area contributed by atoms with Crippen molar-refractivity contribution in [3.8, 4) is 28.1 Å². The van der Waals surface area contributed by atoms with Gasteiger partial charge in [0.1, 0.15) is 18.1 Å². The van der Waals surface area contributed by atoms with Crippen LogP contribution in [0.2, 0.25) is 0 Å². The van der Waals surface area contributed by atoms with Gasteiger partial charge in [0.05, 0.1) is 12.2 Å². The Morgan fingerprint density at radius 2 is 1.68 bits per heavy atom. The molecular weight excluding hydrogens is 420 g/mol. The molecule has 0 saturated heterocycles. The summed E-state index contributed by atoms with van der Waals surface area (Å²) in [6.07, 6.45) is 8.83. The third kappa shape index (κ3) is 3.70. The van der Waals surface area contributed by atoms with Crippen molar-refractivity contribution in [2.75, 3.05) is 0 Å². The van der Waals surface area contributed by atoms with Crippen LogP contribution >= 0.6 is 0 Å². The zero-order valence-electron chi connectivity index (χ0n) is 19.2. The molecule has 2 aromatic heterocycles. The number of ether oxygens (including phenoxy) is 1. The highest BCUT2D eigenvalue weighted by atomic mass is 16.5. The van der Waals surface area contributed by atoms with Gasteiger partial charge in [-0.3, -0.25) is 9.67 Å². The summed E-state index contributed by atoms with van der Waals surface area (Å²) in [7, 11) is 0. The SMILES string of the molecule is c1cc(-c2nn3c(c2-c2ccc(OCc4ccc(C5CC5)cc4)cc2)CNC2(CC2)C3)ccn1. The third-order valence-electron chi connectivity index (χ3n) is 7.53. The van der Waals surface area contributed by atoms with Gasteiger partial charge in [-0.25, -0.2) is 0 Å². The van der Waals surface area contributed by atoms with Crippen LogP contribution in [0.3, 0.4) is 0 Å². The number of rotatable bonds is 6. The standard InChI is InChI=1S/C29H28N4O/c1-3-21(22-5-6-22)4-2-20(1)18-34-25-9-7-23(8-10-25)27-26-17-31-29(13-14-29)19-33(26)32-28(27)24-11-15-30-16-12-24/h1-4,7-12,15-16,22,31H,5-6,13-14,17-19H2. The summed E-state index contributed by atoms with van der Waals surface area (Å²) in [4.78, 5) is 4.20. The number of nitrogens with zero attached hydrogens (tertiary/aromatic N) is 3. The summed E-state index contributed by atoms with van der Waals surface area (Å²) in [5, 5.41) is 8.84. The van der Waals surface area contributed by atoms with E-state index in [1.54, 1.807) is 0 Å². The summed E-state index contributed by atoms with van der Waals surface area (Å²) in [5.41, 5.74) is 8.70. The van der Waals surface area contributed by atoms with Gasteiger partial charge < -0.3 is 10.1 Å². The second kappa shape index (κ2) is 7.81. The van der Waals surface area contributed by atoms with Gasteiger partial charge in [0.2, 0.25) is 0 Å². The number of hydrogen-bond donors (Lipinski definition) is 1. The van der Waals surface area contributed by atoms with Gasteiger partial charge in [-0.15, -0.1) is 0 Å². The molecule has 0 atom stereocenters. The minimum Gasteiger partial charge on any atom is -0.489 e. The topological polar surface area (TPSA) is 52.0 Å². The number of nitrogens with one attached hydrogen (secondary N) is 1. The fourth-order valence-electron chi connectivity index (χ4n) is 5.11. The third-order valence-corrected chi connectivity index (χ3v) is 7.53. The molecule has 2 fully saturated rings.